The standard InChI is InChI=1S/C30H40N2O2.2ClH/c33-29(25-13-5-1-6-14-25)27(23-31-19-9-3-10-20-31)17-18-28(24-32-21-11-4-12-22-32)30(34)26-15-7-2-8-16-26;;/h1-2,5-8,13-16,27-28H,3-4,9-12,17-24H2;2*1H. The van der Waals surface area contributed by atoms with E-state index in [2.05, 4.69) is 9.80 Å². The van der Waals surface area contributed by atoms with Gasteiger partial charge in [-0.25, -0.2) is 0 Å². The zero-order chi connectivity index (χ0) is 23.6. The zero-order valence-electron chi connectivity index (χ0n) is 21.4. The summed E-state index contributed by atoms with van der Waals surface area (Å²) in [5, 5.41) is 0. The molecule has 4 nitrogen and oxygen atoms in total. The Kier molecular flexibility index (Phi) is 13.7. The Bertz CT molecular complexity index is 822. The lowest BCUT2D eigenvalue weighted by Gasteiger charge is -2.32. The van der Waals surface area contributed by atoms with Crippen LogP contribution >= 0.6 is 24.8 Å². The van der Waals surface area contributed by atoms with Gasteiger partial charge in [0.1, 0.15) is 0 Å². The van der Waals surface area contributed by atoms with E-state index < -0.39 is 0 Å². The second-order valence-electron chi connectivity index (χ2n) is 10.2. The summed E-state index contributed by atoms with van der Waals surface area (Å²) in [7, 11) is 0. The molecule has 2 aliphatic rings. The third-order valence-electron chi connectivity index (χ3n) is 7.58. The number of carbonyl (C=O) groups is 2. The van der Waals surface area contributed by atoms with E-state index in [9.17, 15) is 9.59 Å². The van der Waals surface area contributed by atoms with Gasteiger partial charge in [0.25, 0.3) is 0 Å². The molecule has 2 saturated heterocycles. The fourth-order valence-electron chi connectivity index (χ4n) is 5.60. The van der Waals surface area contributed by atoms with Crippen molar-refractivity contribution < 1.29 is 9.59 Å². The van der Waals surface area contributed by atoms with E-state index in [0.29, 0.717) is 0 Å². The Labute approximate surface area is 229 Å². The number of halogens is 2. The summed E-state index contributed by atoms with van der Waals surface area (Å²) < 4.78 is 0. The number of rotatable bonds is 11. The zero-order valence-corrected chi connectivity index (χ0v) is 23.0. The van der Waals surface area contributed by atoms with Crippen molar-refractivity contribution >= 4 is 36.4 Å². The van der Waals surface area contributed by atoms with Gasteiger partial charge in [-0.05, 0) is 64.7 Å². The Morgan fingerprint density at radius 3 is 1.22 bits per heavy atom. The van der Waals surface area contributed by atoms with Crippen LogP contribution in [0.4, 0.5) is 0 Å². The highest BCUT2D eigenvalue weighted by Crippen LogP contribution is 2.25. The van der Waals surface area contributed by atoms with E-state index in [1.807, 2.05) is 60.7 Å². The fourth-order valence-corrected chi connectivity index (χ4v) is 5.60. The molecule has 198 valence electrons. The second kappa shape index (κ2) is 16.2. The highest BCUT2D eigenvalue weighted by atomic mass is 35.5. The minimum atomic E-state index is -0.0621. The van der Waals surface area contributed by atoms with E-state index in [1.54, 1.807) is 0 Å². The maximum atomic E-state index is 13.5. The van der Waals surface area contributed by atoms with Crippen LogP contribution in [0.2, 0.25) is 0 Å². The molecule has 0 amide bonds. The summed E-state index contributed by atoms with van der Waals surface area (Å²) in [5.74, 6) is 0.339. The van der Waals surface area contributed by atoms with Crippen molar-refractivity contribution in [3.63, 3.8) is 0 Å². The smallest absolute Gasteiger partial charge is 0.167 e. The summed E-state index contributed by atoms with van der Waals surface area (Å²) >= 11 is 0. The van der Waals surface area contributed by atoms with Crippen molar-refractivity contribution in [2.24, 2.45) is 11.8 Å². The van der Waals surface area contributed by atoms with Crippen LogP contribution in [0.25, 0.3) is 0 Å². The average Bonchev–Trinajstić information content (AvgIpc) is 2.91. The van der Waals surface area contributed by atoms with Crippen molar-refractivity contribution in [2.75, 3.05) is 39.3 Å². The molecule has 2 atom stereocenters. The molecule has 2 heterocycles. The minimum Gasteiger partial charge on any atom is -0.303 e. The van der Waals surface area contributed by atoms with Crippen molar-refractivity contribution in [1.29, 1.82) is 0 Å². The SMILES string of the molecule is Cl.Cl.O=C(c1ccccc1)C(CCC(CN1CCCCC1)C(=O)c1ccccc1)CN1CCCCC1. The molecule has 2 aliphatic heterocycles. The quantitative estimate of drug-likeness (QED) is 0.306. The molecule has 6 heteroatoms. The van der Waals surface area contributed by atoms with E-state index in [4.69, 9.17) is 0 Å². The second-order valence-corrected chi connectivity index (χ2v) is 10.2. The van der Waals surface area contributed by atoms with Gasteiger partial charge in [-0.1, -0.05) is 73.5 Å². The summed E-state index contributed by atoms with van der Waals surface area (Å²) in [5.41, 5.74) is 1.60. The first-order valence-corrected chi connectivity index (χ1v) is 13.3. The predicted molar refractivity (Wildman–Crippen MR) is 153 cm³/mol. The van der Waals surface area contributed by atoms with Crippen LogP contribution in [-0.2, 0) is 0 Å². The predicted octanol–water partition coefficient (Wildman–Crippen LogP) is 6.58. The van der Waals surface area contributed by atoms with Gasteiger partial charge in [0, 0.05) is 36.1 Å². The van der Waals surface area contributed by atoms with E-state index in [1.165, 1.54) is 38.5 Å². The van der Waals surface area contributed by atoms with Gasteiger partial charge in [0.2, 0.25) is 0 Å². The molecule has 0 aromatic heterocycles. The summed E-state index contributed by atoms with van der Waals surface area (Å²) in [6.45, 7) is 5.95. The Hall–Kier alpha value is -1.72. The Morgan fingerprint density at radius 2 is 0.889 bits per heavy atom. The lowest BCUT2D eigenvalue weighted by molar-refractivity contribution is 0.0793. The fraction of sp³-hybridized carbons (Fsp3) is 0.533. The molecule has 0 radical (unpaired) electrons. The van der Waals surface area contributed by atoms with Gasteiger partial charge in [-0.2, -0.15) is 0 Å². The Balaban J connectivity index is 0.00000228. The number of carbonyl (C=O) groups excluding carboxylic acids is 2. The molecule has 0 aliphatic carbocycles. The van der Waals surface area contributed by atoms with Gasteiger partial charge in [0.15, 0.2) is 11.6 Å². The molecular weight excluding hydrogens is 491 g/mol. The van der Waals surface area contributed by atoms with Gasteiger partial charge in [0.05, 0.1) is 0 Å². The third-order valence-corrected chi connectivity index (χ3v) is 7.58. The molecular formula is C30H42Cl2N2O2. The number of hydrogen-bond donors (Lipinski definition) is 0. The first-order valence-electron chi connectivity index (χ1n) is 13.3. The number of benzene rings is 2. The molecule has 2 aromatic carbocycles. The molecule has 0 bridgehead atoms. The molecule has 2 unspecified atom stereocenters. The van der Waals surface area contributed by atoms with Crippen molar-refractivity contribution in [3.05, 3.63) is 71.8 Å². The monoisotopic (exact) mass is 532 g/mol. The van der Waals surface area contributed by atoms with Gasteiger partial charge >= 0.3 is 0 Å². The van der Waals surface area contributed by atoms with Crippen molar-refractivity contribution in [3.8, 4) is 0 Å². The number of nitrogens with zero attached hydrogens (tertiary/aromatic N) is 2. The normalized spacial score (nSPS) is 18.3. The molecule has 36 heavy (non-hydrogen) atoms. The van der Waals surface area contributed by atoms with E-state index in [-0.39, 0.29) is 48.2 Å². The first-order chi connectivity index (χ1) is 16.7. The highest BCUT2D eigenvalue weighted by Gasteiger charge is 2.29. The molecule has 0 spiro atoms. The van der Waals surface area contributed by atoms with Crippen molar-refractivity contribution in [1.82, 2.24) is 9.80 Å². The van der Waals surface area contributed by atoms with Crippen LogP contribution in [0.3, 0.4) is 0 Å². The number of piperidine rings is 2. The molecule has 0 N–H and O–H groups in total. The van der Waals surface area contributed by atoms with Gasteiger partial charge in [-0.3, -0.25) is 9.59 Å². The van der Waals surface area contributed by atoms with Crippen LogP contribution in [0.1, 0.15) is 72.1 Å². The Morgan fingerprint density at radius 1 is 0.556 bits per heavy atom. The number of likely N-dealkylation sites (tertiary alicyclic amines) is 2. The lowest BCUT2D eigenvalue weighted by atomic mass is 9.85. The summed E-state index contributed by atoms with van der Waals surface area (Å²) in [6, 6.07) is 19.5. The minimum absolute atomic E-state index is 0. The van der Waals surface area contributed by atoms with Gasteiger partial charge in [-0.15, -0.1) is 24.8 Å². The maximum Gasteiger partial charge on any atom is 0.167 e. The molecule has 2 aromatic rings. The molecule has 0 saturated carbocycles. The maximum absolute atomic E-state index is 13.5. The number of Topliss-reactive ketones (excluding diaryl/α,β-unsaturated/α-hetero) is 2. The average molecular weight is 534 g/mol. The lowest BCUT2D eigenvalue weighted by Crippen LogP contribution is -2.39. The molecule has 4 rings (SSSR count). The largest absolute Gasteiger partial charge is 0.303 e. The van der Waals surface area contributed by atoms with Crippen molar-refractivity contribution in [2.45, 2.75) is 51.4 Å². The van der Waals surface area contributed by atoms with Crippen LogP contribution < -0.4 is 0 Å². The topological polar surface area (TPSA) is 40.6 Å². The number of ketones is 2. The van der Waals surface area contributed by atoms with Crippen LogP contribution in [-0.4, -0.2) is 60.6 Å². The van der Waals surface area contributed by atoms with E-state index >= 15 is 0 Å². The van der Waals surface area contributed by atoms with Crippen LogP contribution in [0.5, 0.6) is 0 Å². The van der Waals surface area contributed by atoms with Crippen LogP contribution in [0, 0.1) is 11.8 Å². The summed E-state index contributed by atoms with van der Waals surface area (Å²) in [6.07, 6.45) is 8.98. The van der Waals surface area contributed by atoms with Crippen LogP contribution in [0.15, 0.2) is 60.7 Å². The third kappa shape index (κ3) is 8.99. The molecule has 2 fully saturated rings. The van der Waals surface area contributed by atoms with Gasteiger partial charge < -0.3 is 9.80 Å². The van der Waals surface area contributed by atoms with E-state index in [0.717, 1.165) is 63.2 Å². The first kappa shape index (κ1) is 30.5. The number of hydrogen-bond acceptors (Lipinski definition) is 4. The highest BCUT2D eigenvalue weighted by molar-refractivity contribution is 5.99. The summed E-state index contributed by atoms with van der Waals surface area (Å²) in [4.78, 5) is 32.0.